The fourth-order valence-electron chi connectivity index (χ4n) is 2.02. The molecule has 0 atom stereocenters. The van der Waals surface area contributed by atoms with Gasteiger partial charge in [0.25, 0.3) is 0 Å². The normalized spacial score (nSPS) is 20.9. The van der Waals surface area contributed by atoms with Crippen molar-refractivity contribution in [3.8, 4) is 0 Å². The van der Waals surface area contributed by atoms with Crippen LogP contribution in [-0.4, -0.2) is 33.7 Å². The molecule has 88 valence electrons. The fourth-order valence-corrected chi connectivity index (χ4v) is 2.02. The lowest BCUT2D eigenvalue weighted by atomic mass is 9.93. The average Bonchev–Trinajstić information content (AvgIpc) is 2.24. The van der Waals surface area contributed by atoms with Crippen LogP contribution in [0.1, 0.15) is 25.3 Å². The minimum absolute atomic E-state index is 0.489. The third-order valence-corrected chi connectivity index (χ3v) is 3.25. The van der Waals surface area contributed by atoms with Crippen LogP contribution in [0, 0.1) is 0 Å². The standard InChI is InChI=1S/C12H19N3O/c1-12(16)4-7-15(8-5-12)9-10-3-2-6-14-11(10)13/h2-3,6,16H,4-5,7-9H2,1H3,(H2,13,14). The smallest absolute Gasteiger partial charge is 0.127 e. The first-order valence-corrected chi connectivity index (χ1v) is 5.71. The summed E-state index contributed by atoms with van der Waals surface area (Å²) in [6.45, 7) is 4.57. The van der Waals surface area contributed by atoms with Crippen molar-refractivity contribution in [2.75, 3.05) is 18.8 Å². The van der Waals surface area contributed by atoms with E-state index in [0.29, 0.717) is 5.82 Å². The summed E-state index contributed by atoms with van der Waals surface area (Å²) in [6.07, 6.45) is 3.36. The van der Waals surface area contributed by atoms with Crippen LogP contribution in [0.5, 0.6) is 0 Å². The van der Waals surface area contributed by atoms with Crippen molar-refractivity contribution in [1.82, 2.24) is 9.88 Å². The van der Waals surface area contributed by atoms with Crippen molar-refractivity contribution in [2.24, 2.45) is 0 Å². The number of aliphatic hydroxyl groups is 1. The Labute approximate surface area is 96.1 Å². The van der Waals surface area contributed by atoms with Gasteiger partial charge in [0.2, 0.25) is 0 Å². The Bertz CT molecular complexity index is 355. The molecule has 4 heteroatoms. The van der Waals surface area contributed by atoms with Gasteiger partial charge in [-0.05, 0) is 25.8 Å². The molecule has 4 nitrogen and oxygen atoms in total. The predicted molar refractivity (Wildman–Crippen MR) is 63.8 cm³/mol. The Kier molecular flexibility index (Phi) is 3.12. The molecule has 16 heavy (non-hydrogen) atoms. The summed E-state index contributed by atoms with van der Waals surface area (Å²) in [4.78, 5) is 6.39. The number of anilines is 1. The molecule has 1 aromatic rings. The third-order valence-electron chi connectivity index (χ3n) is 3.25. The van der Waals surface area contributed by atoms with Gasteiger partial charge in [-0.1, -0.05) is 6.07 Å². The second kappa shape index (κ2) is 4.39. The molecule has 1 aliphatic rings. The van der Waals surface area contributed by atoms with Crippen LogP contribution in [0.25, 0.3) is 0 Å². The van der Waals surface area contributed by atoms with Crippen LogP contribution in [0.15, 0.2) is 18.3 Å². The minimum Gasteiger partial charge on any atom is -0.390 e. The molecule has 0 bridgehead atoms. The summed E-state index contributed by atoms with van der Waals surface area (Å²) in [5.41, 5.74) is 6.39. The maximum Gasteiger partial charge on any atom is 0.127 e. The molecule has 0 radical (unpaired) electrons. The monoisotopic (exact) mass is 221 g/mol. The first-order valence-electron chi connectivity index (χ1n) is 5.71. The number of hydrogen-bond acceptors (Lipinski definition) is 4. The molecule has 0 saturated carbocycles. The topological polar surface area (TPSA) is 62.4 Å². The molecule has 0 spiro atoms. The van der Waals surface area contributed by atoms with Crippen molar-refractivity contribution in [2.45, 2.75) is 31.9 Å². The number of pyridine rings is 1. The van der Waals surface area contributed by atoms with Gasteiger partial charge in [0, 0.05) is 31.4 Å². The van der Waals surface area contributed by atoms with Crippen molar-refractivity contribution >= 4 is 5.82 Å². The minimum atomic E-state index is -0.489. The molecule has 1 saturated heterocycles. The van der Waals surface area contributed by atoms with Gasteiger partial charge in [-0.15, -0.1) is 0 Å². The van der Waals surface area contributed by atoms with Crippen LogP contribution < -0.4 is 5.73 Å². The summed E-state index contributed by atoms with van der Waals surface area (Å²) in [5, 5.41) is 9.85. The Morgan fingerprint density at radius 2 is 2.19 bits per heavy atom. The number of likely N-dealkylation sites (tertiary alicyclic amines) is 1. The fraction of sp³-hybridized carbons (Fsp3) is 0.583. The molecule has 2 heterocycles. The highest BCUT2D eigenvalue weighted by Crippen LogP contribution is 2.23. The molecule has 3 N–H and O–H groups in total. The van der Waals surface area contributed by atoms with E-state index in [1.165, 1.54) is 0 Å². The van der Waals surface area contributed by atoms with Gasteiger partial charge < -0.3 is 10.8 Å². The summed E-state index contributed by atoms with van der Waals surface area (Å²) in [7, 11) is 0. The quantitative estimate of drug-likeness (QED) is 0.782. The molecular formula is C12H19N3O. The van der Waals surface area contributed by atoms with Gasteiger partial charge in [0.15, 0.2) is 0 Å². The number of nitrogens with zero attached hydrogens (tertiary/aromatic N) is 2. The molecule has 1 fully saturated rings. The van der Waals surface area contributed by atoms with E-state index in [2.05, 4.69) is 9.88 Å². The lowest BCUT2D eigenvalue weighted by Gasteiger charge is -2.35. The van der Waals surface area contributed by atoms with E-state index in [-0.39, 0.29) is 0 Å². The van der Waals surface area contributed by atoms with Gasteiger partial charge in [-0.2, -0.15) is 0 Å². The van der Waals surface area contributed by atoms with Crippen molar-refractivity contribution < 1.29 is 5.11 Å². The van der Waals surface area contributed by atoms with Crippen molar-refractivity contribution in [3.05, 3.63) is 23.9 Å². The number of aromatic nitrogens is 1. The molecule has 2 rings (SSSR count). The number of hydrogen-bond donors (Lipinski definition) is 2. The van der Waals surface area contributed by atoms with Crippen LogP contribution in [-0.2, 0) is 6.54 Å². The van der Waals surface area contributed by atoms with Crippen molar-refractivity contribution in [3.63, 3.8) is 0 Å². The van der Waals surface area contributed by atoms with E-state index in [0.717, 1.165) is 38.0 Å². The number of nitrogens with two attached hydrogens (primary N) is 1. The van der Waals surface area contributed by atoms with E-state index in [1.54, 1.807) is 6.20 Å². The Hall–Kier alpha value is -1.13. The van der Waals surface area contributed by atoms with E-state index in [4.69, 9.17) is 5.73 Å². The van der Waals surface area contributed by atoms with Crippen LogP contribution in [0.3, 0.4) is 0 Å². The van der Waals surface area contributed by atoms with Gasteiger partial charge in [-0.3, -0.25) is 4.90 Å². The van der Waals surface area contributed by atoms with Gasteiger partial charge in [0.05, 0.1) is 5.60 Å². The first kappa shape index (κ1) is 11.4. The number of nitrogen functional groups attached to an aromatic ring is 1. The summed E-state index contributed by atoms with van der Waals surface area (Å²) >= 11 is 0. The van der Waals surface area contributed by atoms with Crippen molar-refractivity contribution in [1.29, 1.82) is 0 Å². The van der Waals surface area contributed by atoms with E-state index >= 15 is 0 Å². The largest absolute Gasteiger partial charge is 0.390 e. The third kappa shape index (κ3) is 2.71. The van der Waals surface area contributed by atoms with Gasteiger partial charge in [0.1, 0.15) is 5.82 Å². The molecule has 0 aromatic carbocycles. The molecule has 1 aliphatic heterocycles. The van der Waals surface area contributed by atoms with Crippen LogP contribution in [0.2, 0.25) is 0 Å². The molecule has 1 aromatic heterocycles. The van der Waals surface area contributed by atoms with Gasteiger partial charge >= 0.3 is 0 Å². The lowest BCUT2D eigenvalue weighted by Crippen LogP contribution is -2.42. The maximum absolute atomic E-state index is 9.85. The second-order valence-electron chi connectivity index (χ2n) is 4.82. The Morgan fingerprint density at radius 3 is 2.81 bits per heavy atom. The first-order chi connectivity index (χ1) is 7.57. The van der Waals surface area contributed by atoms with E-state index in [1.807, 2.05) is 19.1 Å². The Balaban J connectivity index is 1.95. The lowest BCUT2D eigenvalue weighted by molar-refractivity contribution is -0.00726. The number of piperidine rings is 1. The highest BCUT2D eigenvalue weighted by atomic mass is 16.3. The molecule has 0 aliphatic carbocycles. The maximum atomic E-state index is 9.85. The summed E-state index contributed by atoms with van der Waals surface area (Å²) in [5.74, 6) is 0.611. The average molecular weight is 221 g/mol. The highest BCUT2D eigenvalue weighted by Gasteiger charge is 2.27. The molecular weight excluding hydrogens is 202 g/mol. The molecule has 0 unspecified atom stereocenters. The SMILES string of the molecule is CC1(O)CCN(Cc2cccnc2N)CC1. The highest BCUT2D eigenvalue weighted by molar-refractivity contribution is 5.38. The van der Waals surface area contributed by atoms with Gasteiger partial charge in [-0.25, -0.2) is 4.98 Å². The zero-order valence-electron chi connectivity index (χ0n) is 9.69. The molecule has 0 amide bonds. The number of rotatable bonds is 2. The van der Waals surface area contributed by atoms with Crippen LogP contribution >= 0.6 is 0 Å². The summed E-state index contributed by atoms with van der Waals surface area (Å²) in [6, 6.07) is 3.92. The van der Waals surface area contributed by atoms with Crippen LogP contribution in [0.4, 0.5) is 5.82 Å². The van der Waals surface area contributed by atoms with E-state index in [9.17, 15) is 5.11 Å². The summed E-state index contributed by atoms with van der Waals surface area (Å²) < 4.78 is 0. The zero-order chi connectivity index (χ0) is 11.6. The predicted octanol–water partition coefficient (Wildman–Crippen LogP) is 1.01. The Morgan fingerprint density at radius 1 is 1.50 bits per heavy atom. The second-order valence-corrected chi connectivity index (χ2v) is 4.82. The van der Waals surface area contributed by atoms with E-state index < -0.39 is 5.60 Å². The zero-order valence-corrected chi connectivity index (χ0v) is 9.69.